The number of unbranched alkanes of at least 4 members (excludes halogenated alkanes) is 18. The Bertz CT molecular complexity index is 881. The average molecular weight is 566 g/mol. The van der Waals surface area contributed by atoms with E-state index in [1.54, 1.807) is 0 Å². The van der Waals surface area contributed by atoms with E-state index in [1.807, 2.05) is 30.3 Å². The Morgan fingerprint density at radius 1 is 0.550 bits per heavy atom. The van der Waals surface area contributed by atoms with Crippen LogP contribution in [0.3, 0.4) is 0 Å². The van der Waals surface area contributed by atoms with Crippen LogP contribution in [0.15, 0.2) is 48.5 Å². The maximum Gasteiger partial charge on any atom is 0.266 e. The van der Waals surface area contributed by atoms with Crippen LogP contribution in [0.2, 0.25) is 0 Å². The van der Waals surface area contributed by atoms with Crippen molar-refractivity contribution in [1.82, 2.24) is 0 Å². The SMILES string of the molecule is CCCCCCCCCCCCc1cccc(OC(=S)Nc2ccccc2)c1CCCCCCCCCCCC. The fourth-order valence-electron chi connectivity index (χ4n) is 5.58. The molecule has 0 saturated carbocycles. The molecule has 0 amide bonds. The van der Waals surface area contributed by atoms with Crippen LogP contribution in [0, 0.1) is 0 Å². The van der Waals surface area contributed by atoms with Crippen molar-refractivity contribution in [2.24, 2.45) is 0 Å². The van der Waals surface area contributed by atoms with Crippen LogP contribution < -0.4 is 10.1 Å². The normalized spacial score (nSPS) is 11.1. The number of rotatable bonds is 24. The molecule has 2 aromatic rings. The first-order chi connectivity index (χ1) is 19.7. The highest BCUT2D eigenvalue weighted by atomic mass is 32.1. The molecule has 2 nitrogen and oxygen atoms in total. The van der Waals surface area contributed by atoms with E-state index in [9.17, 15) is 0 Å². The highest BCUT2D eigenvalue weighted by molar-refractivity contribution is 7.80. The van der Waals surface area contributed by atoms with Gasteiger partial charge in [0.05, 0.1) is 0 Å². The van der Waals surface area contributed by atoms with E-state index in [2.05, 4.69) is 37.4 Å². The highest BCUT2D eigenvalue weighted by Gasteiger charge is 2.12. The molecule has 1 N–H and O–H groups in total. The number of thiocarbonyl (C=S) groups is 1. The molecular weight excluding hydrogens is 506 g/mol. The van der Waals surface area contributed by atoms with Crippen molar-refractivity contribution in [3.63, 3.8) is 0 Å². The average Bonchev–Trinajstić information content (AvgIpc) is 2.96. The zero-order valence-corrected chi connectivity index (χ0v) is 26.8. The summed E-state index contributed by atoms with van der Waals surface area (Å²) in [5.74, 6) is 0.939. The van der Waals surface area contributed by atoms with E-state index >= 15 is 0 Å². The summed E-state index contributed by atoms with van der Waals surface area (Å²) in [6.45, 7) is 4.58. The largest absolute Gasteiger partial charge is 0.431 e. The smallest absolute Gasteiger partial charge is 0.266 e. The van der Waals surface area contributed by atoms with E-state index < -0.39 is 0 Å². The van der Waals surface area contributed by atoms with Gasteiger partial charge < -0.3 is 10.1 Å². The van der Waals surface area contributed by atoms with Crippen molar-refractivity contribution >= 4 is 23.1 Å². The Kier molecular flexibility index (Phi) is 20.4. The summed E-state index contributed by atoms with van der Waals surface area (Å²) in [4.78, 5) is 0. The second-order valence-electron chi connectivity index (χ2n) is 11.6. The second kappa shape index (κ2) is 23.8. The summed E-state index contributed by atoms with van der Waals surface area (Å²) < 4.78 is 6.25. The fraction of sp³-hybridized carbons (Fsp3) is 0.649. The third-order valence-electron chi connectivity index (χ3n) is 8.03. The van der Waals surface area contributed by atoms with Gasteiger partial charge in [0.25, 0.3) is 5.17 Å². The highest BCUT2D eigenvalue weighted by Crippen LogP contribution is 2.27. The molecule has 0 aliphatic heterocycles. The number of ether oxygens (including phenoxy) is 1. The summed E-state index contributed by atoms with van der Waals surface area (Å²) in [5.41, 5.74) is 3.79. The molecule has 0 saturated heterocycles. The van der Waals surface area contributed by atoms with Crippen molar-refractivity contribution in [2.45, 2.75) is 155 Å². The van der Waals surface area contributed by atoms with E-state index in [1.165, 1.54) is 140 Å². The van der Waals surface area contributed by atoms with E-state index in [-0.39, 0.29) is 0 Å². The van der Waals surface area contributed by atoms with Gasteiger partial charge in [0.15, 0.2) is 0 Å². The van der Waals surface area contributed by atoms with Gasteiger partial charge in [0, 0.05) is 5.69 Å². The standard InChI is InChI=1S/C37H59NOS/c1-3-5-7-9-11-13-15-17-19-22-27-33-28-26-32-36(39-37(40)38-34-29-23-21-24-30-34)35(33)31-25-20-18-16-14-12-10-8-6-4-2/h21,23-24,26,28-30,32H,3-20,22,25,27,31H2,1-2H3,(H,38,40). The lowest BCUT2D eigenvalue weighted by molar-refractivity contribution is 0.536. The molecule has 224 valence electrons. The number of hydrogen-bond acceptors (Lipinski definition) is 2. The van der Waals surface area contributed by atoms with Gasteiger partial charge >= 0.3 is 0 Å². The molecule has 40 heavy (non-hydrogen) atoms. The summed E-state index contributed by atoms with van der Waals surface area (Å²) in [7, 11) is 0. The van der Waals surface area contributed by atoms with Crippen molar-refractivity contribution in [2.75, 3.05) is 5.32 Å². The molecule has 2 aromatic carbocycles. The molecule has 0 spiro atoms. The molecule has 0 bridgehead atoms. The number of benzene rings is 2. The van der Waals surface area contributed by atoms with Gasteiger partial charge in [-0.05, 0) is 67.2 Å². The predicted octanol–water partition coefficient (Wildman–Crippen LogP) is 12.4. The van der Waals surface area contributed by atoms with Crippen LogP contribution in [-0.2, 0) is 12.8 Å². The van der Waals surface area contributed by atoms with Gasteiger partial charge in [-0.2, -0.15) is 0 Å². The zero-order chi connectivity index (χ0) is 28.5. The van der Waals surface area contributed by atoms with Crippen LogP contribution in [0.4, 0.5) is 5.69 Å². The van der Waals surface area contributed by atoms with Crippen molar-refractivity contribution in [3.05, 3.63) is 59.7 Å². The lowest BCUT2D eigenvalue weighted by Gasteiger charge is -2.17. The summed E-state index contributed by atoms with van der Waals surface area (Å²) in [5, 5.41) is 3.67. The maximum absolute atomic E-state index is 6.25. The lowest BCUT2D eigenvalue weighted by Crippen LogP contribution is -2.17. The van der Waals surface area contributed by atoms with Gasteiger partial charge in [-0.3, -0.25) is 0 Å². The minimum atomic E-state index is 0.423. The minimum Gasteiger partial charge on any atom is -0.431 e. The van der Waals surface area contributed by atoms with Gasteiger partial charge in [0.2, 0.25) is 0 Å². The number of aryl methyl sites for hydroxylation is 1. The molecule has 0 atom stereocenters. The number of para-hydroxylation sites is 1. The monoisotopic (exact) mass is 565 g/mol. The molecule has 0 aliphatic carbocycles. The summed E-state index contributed by atoms with van der Waals surface area (Å²) in [6.07, 6.45) is 29.6. The van der Waals surface area contributed by atoms with E-state index in [0.717, 1.165) is 24.3 Å². The number of hydrogen-bond donors (Lipinski definition) is 1. The van der Waals surface area contributed by atoms with Crippen molar-refractivity contribution in [1.29, 1.82) is 0 Å². The van der Waals surface area contributed by atoms with Crippen LogP contribution in [0.25, 0.3) is 0 Å². The topological polar surface area (TPSA) is 21.3 Å². The van der Waals surface area contributed by atoms with Crippen LogP contribution in [-0.4, -0.2) is 5.17 Å². The predicted molar refractivity (Wildman–Crippen MR) is 181 cm³/mol. The Hall–Kier alpha value is -1.87. The van der Waals surface area contributed by atoms with Crippen molar-refractivity contribution < 1.29 is 4.74 Å². The number of nitrogens with one attached hydrogen (secondary N) is 1. The van der Waals surface area contributed by atoms with Crippen LogP contribution >= 0.6 is 12.2 Å². The van der Waals surface area contributed by atoms with Crippen molar-refractivity contribution in [3.8, 4) is 5.75 Å². The molecule has 2 rings (SSSR count). The Morgan fingerprint density at radius 3 is 1.55 bits per heavy atom. The molecule has 0 heterocycles. The summed E-state index contributed by atoms with van der Waals surface area (Å²) in [6, 6.07) is 16.6. The number of anilines is 1. The molecule has 0 aromatic heterocycles. The van der Waals surface area contributed by atoms with Gasteiger partial charge in [-0.15, -0.1) is 0 Å². The summed E-state index contributed by atoms with van der Waals surface area (Å²) >= 11 is 5.59. The van der Waals surface area contributed by atoms with Crippen LogP contribution in [0.1, 0.15) is 153 Å². The first kappa shape index (κ1) is 34.3. The fourth-order valence-corrected chi connectivity index (χ4v) is 5.79. The van der Waals surface area contributed by atoms with Gasteiger partial charge in [-0.1, -0.05) is 160 Å². The maximum atomic E-state index is 6.25. The molecular formula is C37H59NOS. The molecule has 0 fully saturated rings. The Balaban J connectivity index is 1.82. The lowest BCUT2D eigenvalue weighted by atomic mass is 9.95. The zero-order valence-electron chi connectivity index (χ0n) is 26.0. The van der Waals surface area contributed by atoms with Gasteiger partial charge in [0.1, 0.15) is 5.75 Å². The van der Waals surface area contributed by atoms with E-state index in [0.29, 0.717) is 5.17 Å². The quantitative estimate of drug-likeness (QED) is 0.101. The molecule has 0 radical (unpaired) electrons. The van der Waals surface area contributed by atoms with Crippen LogP contribution in [0.5, 0.6) is 5.75 Å². The molecule has 0 unspecified atom stereocenters. The third kappa shape index (κ3) is 16.4. The Morgan fingerprint density at radius 2 is 1.02 bits per heavy atom. The molecule has 0 aliphatic rings. The Labute approximate surface area is 253 Å². The minimum absolute atomic E-state index is 0.423. The first-order valence-corrected chi connectivity index (χ1v) is 17.3. The van der Waals surface area contributed by atoms with Gasteiger partial charge in [-0.25, -0.2) is 0 Å². The molecule has 3 heteroatoms. The first-order valence-electron chi connectivity index (χ1n) is 16.9. The van der Waals surface area contributed by atoms with E-state index in [4.69, 9.17) is 17.0 Å². The third-order valence-corrected chi connectivity index (χ3v) is 8.22. The second-order valence-corrected chi connectivity index (χ2v) is 12.0.